The summed E-state index contributed by atoms with van der Waals surface area (Å²) in [6, 6.07) is 10.1. The van der Waals surface area contributed by atoms with Gasteiger partial charge in [-0.3, -0.25) is 0 Å². The summed E-state index contributed by atoms with van der Waals surface area (Å²) in [4.78, 5) is 8.85. The molecule has 2 rings (SSSR count). The highest BCUT2D eigenvalue weighted by molar-refractivity contribution is 5.60. The Morgan fingerprint density at radius 3 is 2.53 bits per heavy atom. The van der Waals surface area contributed by atoms with Gasteiger partial charge in [0.05, 0.1) is 11.7 Å². The summed E-state index contributed by atoms with van der Waals surface area (Å²) < 4.78 is 0. The van der Waals surface area contributed by atoms with Crippen LogP contribution in [0.5, 0.6) is 0 Å². The summed E-state index contributed by atoms with van der Waals surface area (Å²) in [5.74, 6) is 0.696. The van der Waals surface area contributed by atoms with Gasteiger partial charge in [0.25, 0.3) is 0 Å². The number of nitrogens with two attached hydrogens (primary N) is 1. The molecular formula is C14H17N3. The lowest BCUT2D eigenvalue weighted by Crippen LogP contribution is -2.11. The minimum atomic E-state index is -0.140. The van der Waals surface area contributed by atoms with E-state index >= 15 is 0 Å². The Balaban J connectivity index is 2.52. The van der Waals surface area contributed by atoms with Crippen LogP contribution in [-0.4, -0.2) is 9.97 Å². The van der Waals surface area contributed by atoms with Gasteiger partial charge in [-0.1, -0.05) is 23.8 Å². The predicted molar refractivity (Wildman–Crippen MR) is 69.5 cm³/mol. The summed E-state index contributed by atoms with van der Waals surface area (Å²) in [7, 11) is 0. The first-order valence-electron chi connectivity index (χ1n) is 5.74. The van der Waals surface area contributed by atoms with Crippen LogP contribution < -0.4 is 5.73 Å². The zero-order chi connectivity index (χ0) is 12.4. The van der Waals surface area contributed by atoms with Gasteiger partial charge < -0.3 is 5.73 Å². The molecule has 1 heterocycles. The highest BCUT2D eigenvalue weighted by Crippen LogP contribution is 2.20. The van der Waals surface area contributed by atoms with Crippen LogP contribution in [0, 0.1) is 13.8 Å². The molecule has 88 valence electrons. The van der Waals surface area contributed by atoms with E-state index < -0.39 is 0 Å². The first-order chi connectivity index (χ1) is 8.06. The molecule has 1 unspecified atom stereocenters. The van der Waals surface area contributed by atoms with Crippen LogP contribution in [0.2, 0.25) is 0 Å². The minimum absolute atomic E-state index is 0.140. The Morgan fingerprint density at radius 2 is 1.88 bits per heavy atom. The van der Waals surface area contributed by atoms with Crippen LogP contribution in [0.4, 0.5) is 0 Å². The molecule has 0 spiro atoms. The smallest absolute Gasteiger partial charge is 0.145 e. The van der Waals surface area contributed by atoms with Crippen molar-refractivity contribution in [3.8, 4) is 11.3 Å². The van der Waals surface area contributed by atoms with Crippen molar-refractivity contribution in [2.75, 3.05) is 0 Å². The number of benzene rings is 1. The standard InChI is InChI=1S/C14H17N3/c1-9-5-4-6-12(7-9)13-8-10(2)16-14(17-13)11(3)15/h4-8,11H,15H2,1-3H3. The lowest BCUT2D eigenvalue weighted by atomic mass is 10.1. The van der Waals surface area contributed by atoms with Gasteiger partial charge in [-0.15, -0.1) is 0 Å². The highest BCUT2D eigenvalue weighted by atomic mass is 14.9. The summed E-state index contributed by atoms with van der Waals surface area (Å²) >= 11 is 0. The number of hydrogen-bond acceptors (Lipinski definition) is 3. The molecular weight excluding hydrogens is 210 g/mol. The lowest BCUT2D eigenvalue weighted by molar-refractivity contribution is 0.735. The quantitative estimate of drug-likeness (QED) is 0.858. The van der Waals surface area contributed by atoms with Crippen molar-refractivity contribution in [1.29, 1.82) is 0 Å². The van der Waals surface area contributed by atoms with Gasteiger partial charge in [-0.2, -0.15) is 0 Å². The summed E-state index contributed by atoms with van der Waals surface area (Å²) in [6.07, 6.45) is 0. The maximum Gasteiger partial charge on any atom is 0.145 e. The lowest BCUT2D eigenvalue weighted by Gasteiger charge is -2.08. The number of nitrogens with zero attached hydrogens (tertiary/aromatic N) is 2. The van der Waals surface area contributed by atoms with Crippen LogP contribution in [0.15, 0.2) is 30.3 Å². The number of aryl methyl sites for hydroxylation is 2. The topological polar surface area (TPSA) is 51.8 Å². The van der Waals surface area contributed by atoms with Gasteiger partial charge in [-0.25, -0.2) is 9.97 Å². The van der Waals surface area contributed by atoms with E-state index in [1.807, 2.05) is 26.0 Å². The zero-order valence-electron chi connectivity index (χ0n) is 10.4. The van der Waals surface area contributed by atoms with Gasteiger partial charge in [0, 0.05) is 11.3 Å². The van der Waals surface area contributed by atoms with Crippen molar-refractivity contribution >= 4 is 0 Å². The van der Waals surface area contributed by atoms with E-state index in [0.29, 0.717) is 5.82 Å². The zero-order valence-corrected chi connectivity index (χ0v) is 10.4. The molecule has 17 heavy (non-hydrogen) atoms. The second kappa shape index (κ2) is 4.63. The molecule has 1 atom stereocenters. The van der Waals surface area contributed by atoms with E-state index in [4.69, 9.17) is 5.73 Å². The van der Waals surface area contributed by atoms with Crippen molar-refractivity contribution in [1.82, 2.24) is 9.97 Å². The summed E-state index contributed by atoms with van der Waals surface area (Å²) in [5.41, 5.74) is 10.1. The summed E-state index contributed by atoms with van der Waals surface area (Å²) in [6.45, 7) is 5.94. The second-order valence-electron chi connectivity index (χ2n) is 4.41. The Hall–Kier alpha value is -1.74. The molecule has 0 aliphatic carbocycles. The van der Waals surface area contributed by atoms with Crippen LogP contribution in [0.1, 0.15) is 30.0 Å². The molecule has 1 aromatic heterocycles. The van der Waals surface area contributed by atoms with Gasteiger partial charge in [-0.05, 0) is 32.9 Å². The van der Waals surface area contributed by atoms with E-state index in [0.717, 1.165) is 17.0 Å². The molecule has 2 N–H and O–H groups in total. The van der Waals surface area contributed by atoms with E-state index in [-0.39, 0.29) is 6.04 Å². The molecule has 3 nitrogen and oxygen atoms in total. The van der Waals surface area contributed by atoms with Gasteiger partial charge in [0.2, 0.25) is 0 Å². The highest BCUT2D eigenvalue weighted by Gasteiger charge is 2.07. The Labute approximate surface area is 102 Å². The fourth-order valence-electron chi connectivity index (χ4n) is 1.75. The predicted octanol–water partition coefficient (Wildman–Crippen LogP) is 2.78. The Bertz CT molecular complexity index is 533. The molecule has 2 aromatic rings. The molecule has 0 saturated carbocycles. The van der Waals surface area contributed by atoms with Gasteiger partial charge >= 0.3 is 0 Å². The van der Waals surface area contributed by atoms with Crippen LogP contribution in [0.25, 0.3) is 11.3 Å². The Kier molecular flexibility index (Phi) is 3.20. The van der Waals surface area contributed by atoms with E-state index in [2.05, 4.69) is 35.1 Å². The molecule has 0 amide bonds. The van der Waals surface area contributed by atoms with Gasteiger partial charge in [0.15, 0.2) is 0 Å². The second-order valence-corrected chi connectivity index (χ2v) is 4.41. The molecule has 0 aliphatic heterocycles. The van der Waals surface area contributed by atoms with Crippen LogP contribution in [-0.2, 0) is 0 Å². The average molecular weight is 227 g/mol. The molecule has 3 heteroatoms. The minimum Gasteiger partial charge on any atom is -0.322 e. The normalized spacial score (nSPS) is 12.5. The SMILES string of the molecule is Cc1cccc(-c2cc(C)nc(C(C)N)n2)c1. The van der Waals surface area contributed by atoms with Gasteiger partial charge in [0.1, 0.15) is 5.82 Å². The molecule has 0 bridgehead atoms. The van der Waals surface area contributed by atoms with E-state index in [1.165, 1.54) is 5.56 Å². The van der Waals surface area contributed by atoms with Crippen molar-refractivity contribution in [3.63, 3.8) is 0 Å². The van der Waals surface area contributed by atoms with E-state index in [9.17, 15) is 0 Å². The van der Waals surface area contributed by atoms with E-state index in [1.54, 1.807) is 0 Å². The fraction of sp³-hybridized carbons (Fsp3) is 0.286. The monoisotopic (exact) mass is 227 g/mol. The maximum absolute atomic E-state index is 5.83. The van der Waals surface area contributed by atoms with Crippen LogP contribution >= 0.6 is 0 Å². The molecule has 0 fully saturated rings. The third-order valence-electron chi connectivity index (χ3n) is 2.59. The van der Waals surface area contributed by atoms with Crippen molar-refractivity contribution in [2.24, 2.45) is 5.73 Å². The maximum atomic E-state index is 5.83. The number of hydrogen-bond donors (Lipinski definition) is 1. The van der Waals surface area contributed by atoms with Crippen molar-refractivity contribution in [3.05, 3.63) is 47.4 Å². The summed E-state index contributed by atoms with van der Waals surface area (Å²) in [5, 5.41) is 0. The third-order valence-corrected chi connectivity index (χ3v) is 2.59. The molecule has 1 aromatic carbocycles. The Morgan fingerprint density at radius 1 is 1.12 bits per heavy atom. The number of aromatic nitrogens is 2. The largest absolute Gasteiger partial charge is 0.322 e. The first-order valence-corrected chi connectivity index (χ1v) is 5.74. The molecule has 0 saturated heterocycles. The van der Waals surface area contributed by atoms with Crippen LogP contribution in [0.3, 0.4) is 0 Å². The number of rotatable bonds is 2. The molecule has 0 aliphatic rings. The molecule has 0 radical (unpaired) electrons. The average Bonchev–Trinajstić information content (AvgIpc) is 2.28. The first kappa shape index (κ1) is 11.7. The van der Waals surface area contributed by atoms with Crippen molar-refractivity contribution < 1.29 is 0 Å². The van der Waals surface area contributed by atoms with Crippen molar-refractivity contribution in [2.45, 2.75) is 26.8 Å². The third kappa shape index (κ3) is 2.68. The fourth-order valence-corrected chi connectivity index (χ4v) is 1.75.